The Morgan fingerprint density at radius 1 is 1.17 bits per heavy atom. The molecule has 0 aliphatic rings. The van der Waals surface area contributed by atoms with Gasteiger partial charge in [-0.05, 0) is 18.2 Å². The summed E-state index contributed by atoms with van der Waals surface area (Å²) < 4.78 is 2.17. The average molecular weight is 236 g/mol. The molecule has 0 aliphatic carbocycles. The number of phenols is 1. The summed E-state index contributed by atoms with van der Waals surface area (Å²) >= 11 is 0. The molecule has 0 saturated carbocycles. The summed E-state index contributed by atoms with van der Waals surface area (Å²) in [6.45, 7) is 2.10. The van der Waals surface area contributed by atoms with E-state index in [1.807, 2.05) is 24.3 Å². The van der Waals surface area contributed by atoms with Gasteiger partial charge in [-0.2, -0.15) is 0 Å². The van der Waals surface area contributed by atoms with Crippen molar-refractivity contribution >= 4 is 27.3 Å². The van der Waals surface area contributed by atoms with Crippen molar-refractivity contribution in [2.45, 2.75) is 13.3 Å². The van der Waals surface area contributed by atoms with Gasteiger partial charge in [-0.15, -0.1) is 0 Å². The van der Waals surface area contributed by atoms with E-state index in [9.17, 15) is 5.11 Å². The third-order valence-corrected chi connectivity index (χ3v) is 3.57. The molecule has 0 amide bonds. The van der Waals surface area contributed by atoms with Crippen LogP contribution in [0.1, 0.15) is 12.7 Å². The number of para-hydroxylation sites is 1. The van der Waals surface area contributed by atoms with Gasteiger partial charge in [0.2, 0.25) is 0 Å². The first-order chi connectivity index (χ1) is 8.79. The van der Waals surface area contributed by atoms with Gasteiger partial charge < -0.3 is 5.11 Å². The van der Waals surface area contributed by atoms with Gasteiger partial charge in [0.1, 0.15) is 11.6 Å². The van der Waals surface area contributed by atoms with E-state index in [4.69, 9.17) is 0 Å². The third kappa shape index (κ3) is 1.02. The second-order valence-electron chi connectivity index (χ2n) is 4.59. The van der Waals surface area contributed by atoms with Crippen LogP contribution in [0.2, 0.25) is 0 Å². The molecule has 0 spiro atoms. The lowest BCUT2D eigenvalue weighted by atomic mass is 10.1. The Balaban J connectivity index is 2.40. The van der Waals surface area contributed by atoms with Crippen molar-refractivity contribution in [2.75, 3.05) is 0 Å². The number of phenolic OH excluding ortho intramolecular Hbond substituents is 1. The number of aryl methyl sites for hydroxylation is 1. The minimum Gasteiger partial charge on any atom is -0.508 e. The number of benzene rings is 2. The minimum absolute atomic E-state index is 0.297. The predicted octanol–water partition coefficient (Wildman–Crippen LogP) is 3.35. The highest BCUT2D eigenvalue weighted by atomic mass is 16.3. The Bertz CT molecular complexity index is 876. The standard InChI is InChI=1S/C15H12N2O/c1-2-14-16-12-5-3-4-11-10-7-6-9(18)8-13(10)17(14)15(11)12/h3-8,18H,2H2,1H3. The van der Waals surface area contributed by atoms with Crippen LogP contribution in [0.25, 0.3) is 27.3 Å². The van der Waals surface area contributed by atoms with Crippen LogP contribution in [-0.2, 0) is 6.42 Å². The molecule has 4 aromatic rings. The monoisotopic (exact) mass is 236 g/mol. The van der Waals surface area contributed by atoms with E-state index in [0.717, 1.165) is 28.8 Å². The van der Waals surface area contributed by atoms with Crippen molar-refractivity contribution in [1.29, 1.82) is 0 Å². The van der Waals surface area contributed by atoms with Gasteiger partial charge >= 0.3 is 0 Å². The highest BCUT2D eigenvalue weighted by Crippen LogP contribution is 2.34. The fourth-order valence-electron chi connectivity index (χ4n) is 2.82. The van der Waals surface area contributed by atoms with Crippen LogP contribution in [0.4, 0.5) is 0 Å². The van der Waals surface area contributed by atoms with Crippen molar-refractivity contribution in [3.8, 4) is 5.75 Å². The van der Waals surface area contributed by atoms with Gasteiger partial charge in [0.15, 0.2) is 0 Å². The van der Waals surface area contributed by atoms with Gasteiger partial charge in [-0.1, -0.05) is 19.1 Å². The highest BCUT2D eigenvalue weighted by Gasteiger charge is 2.16. The fraction of sp³-hybridized carbons (Fsp3) is 0.133. The number of fused-ring (bicyclic) bond motifs is 3. The van der Waals surface area contributed by atoms with Gasteiger partial charge in [0.05, 0.1) is 16.6 Å². The number of hydrogen-bond acceptors (Lipinski definition) is 2. The van der Waals surface area contributed by atoms with Crippen molar-refractivity contribution in [2.24, 2.45) is 0 Å². The molecule has 0 aliphatic heterocycles. The number of nitrogens with zero attached hydrogens (tertiary/aromatic N) is 2. The maximum absolute atomic E-state index is 9.70. The van der Waals surface area contributed by atoms with Gasteiger partial charge in [0.25, 0.3) is 0 Å². The number of rotatable bonds is 1. The molecule has 2 aromatic heterocycles. The molecule has 0 atom stereocenters. The highest BCUT2D eigenvalue weighted by molar-refractivity contribution is 6.13. The molecular formula is C15H12N2O. The summed E-state index contributed by atoms with van der Waals surface area (Å²) in [5.74, 6) is 1.34. The molecule has 0 radical (unpaired) electrons. The van der Waals surface area contributed by atoms with Crippen molar-refractivity contribution < 1.29 is 5.11 Å². The number of aromatic nitrogens is 2. The number of aromatic hydroxyl groups is 1. The van der Waals surface area contributed by atoms with Crippen LogP contribution in [-0.4, -0.2) is 14.5 Å². The first kappa shape index (κ1) is 9.71. The zero-order valence-electron chi connectivity index (χ0n) is 10.0. The first-order valence-electron chi connectivity index (χ1n) is 6.13. The zero-order valence-corrected chi connectivity index (χ0v) is 10.0. The summed E-state index contributed by atoms with van der Waals surface area (Å²) in [6, 6.07) is 11.7. The molecule has 4 rings (SSSR count). The molecule has 3 heteroatoms. The van der Waals surface area contributed by atoms with E-state index in [1.165, 1.54) is 10.8 Å². The molecule has 88 valence electrons. The second kappa shape index (κ2) is 3.13. The summed E-state index contributed by atoms with van der Waals surface area (Å²) in [7, 11) is 0. The Hall–Kier alpha value is -2.29. The molecule has 2 heterocycles. The minimum atomic E-state index is 0.297. The second-order valence-corrected chi connectivity index (χ2v) is 4.59. The van der Waals surface area contributed by atoms with Crippen molar-refractivity contribution in [3.05, 3.63) is 42.2 Å². The lowest BCUT2D eigenvalue weighted by Crippen LogP contribution is -1.90. The van der Waals surface area contributed by atoms with E-state index in [2.05, 4.69) is 22.4 Å². The summed E-state index contributed by atoms with van der Waals surface area (Å²) in [5.41, 5.74) is 3.23. The molecule has 0 fully saturated rings. The van der Waals surface area contributed by atoms with Crippen LogP contribution in [0.5, 0.6) is 5.75 Å². The summed E-state index contributed by atoms with van der Waals surface area (Å²) in [4.78, 5) is 4.65. The Kier molecular flexibility index (Phi) is 1.69. The maximum atomic E-state index is 9.70. The zero-order chi connectivity index (χ0) is 12.3. The first-order valence-corrected chi connectivity index (χ1v) is 6.13. The van der Waals surface area contributed by atoms with Gasteiger partial charge in [0, 0.05) is 23.3 Å². The topological polar surface area (TPSA) is 37.5 Å². The Morgan fingerprint density at radius 2 is 2.06 bits per heavy atom. The smallest absolute Gasteiger partial charge is 0.117 e. The fourth-order valence-corrected chi connectivity index (χ4v) is 2.82. The van der Waals surface area contributed by atoms with Gasteiger partial charge in [-0.25, -0.2) is 4.98 Å². The van der Waals surface area contributed by atoms with Crippen molar-refractivity contribution in [1.82, 2.24) is 9.38 Å². The molecule has 3 nitrogen and oxygen atoms in total. The van der Waals surface area contributed by atoms with E-state index < -0.39 is 0 Å². The van der Waals surface area contributed by atoms with Crippen LogP contribution in [0, 0.1) is 0 Å². The summed E-state index contributed by atoms with van der Waals surface area (Å²) in [6.07, 6.45) is 0.878. The molecule has 1 N–H and O–H groups in total. The van der Waals surface area contributed by atoms with Crippen molar-refractivity contribution in [3.63, 3.8) is 0 Å². The predicted molar refractivity (Wildman–Crippen MR) is 72.4 cm³/mol. The number of hydrogen-bond donors (Lipinski definition) is 1. The lowest BCUT2D eigenvalue weighted by Gasteiger charge is -1.97. The SMILES string of the molecule is CCc1nc2cccc3c4ccc(O)cc4n1c23. The van der Waals surface area contributed by atoms with E-state index in [0.29, 0.717) is 5.75 Å². The molecule has 18 heavy (non-hydrogen) atoms. The Labute approximate surface area is 104 Å². The van der Waals surface area contributed by atoms with Crippen LogP contribution >= 0.6 is 0 Å². The van der Waals surface area contributed by atoms with E-state index >= 15 is 0 Å². The molecule has 0 bridgehead atoms. The number of imidazole rings is 1. The molecule has 2 aromatic carbocycles. The van der Waals surface area contributed by atoms with E-state index in [1.54, 1.807) is 6.07 Å². The van der Waals surface area contributed by atoms with Crippen LogP contribution < -0.4 is 0 Å². The molecular weight excluding hydrogens is 224 g/mol. The van der Waals surface area contributed by atoms with Gasteiger partial charge in [-0.3, -0.25) is 4.40 Å². The summed E-state index contributed by atoms with van der Waals surface area (Å²) in [5, 5.41) is 12.1. The van der Waals surface area contributed by atoms with Crippen LogP contribution in [0.15, 0.2) is 36.4 Å². The molecule has 0 saturated heterocycles. The largest absolute Gasteiger partial charge is 0.508 e. The molecule has 0 unspecified atom stereocenters. The average Bonchev–Trinajstić information content (AvgIpc) is 2.91. The maximum Gasteiger partial charge on any atom is 0.117 e. The normalized spacial score (nSPS) is 12.1. The van der Waals surface area contributed by atoms with E-state index in [-0.39, 0.29) is 0 Å². The quantitative estimate of drug-likeness (QED) is 0.550. The third-order valence-electron chi connectivity index (χ3n) is 3.57. The van der Waals surface area contributed by atoms with Crippen LogP contribution in [0.3, 0.4) is 0 Å². The lowest BCUT2D eigenvalue weighted by molar-refractivity contribution is 0.476. The Morgan fingerprint density at radius 3 is 2.89 bits per heavy atom.